The molecule has 0 aliphatic carbocycles. The average molecular weight is 300 g/mol. The number of esters is 1. The lowest BCUT2D eigenvalue weighted by Gasteiger charge is -2.09. The van der Waals surface area contributed by atoms with Gasteiger partial charge in [-0.05, 0) is 6.92 Å². The molecule has 1 unspecified atom stereocenters. The molecule has 0 spiro atoms. The number of carbonyl (C=O) groups is 2. The molecule has 0 saturated carbocycles. The van der Waals surface area contributed by atoms with Crippen molar-refractivity contribution in [2.24, 2.45) is 0 Å². The molecule has 1 aliphatic heterocycles. The normalized spacial score (nSPS) is 17.9. The first-order chi connectivity index (χ1) is 9.63. The van der Waals surface area contributed by atoms with E-state index >= 15 is 0 Å². The van der Waals surface area contributed by atoms with E-state index in [1.807, 2.05) is 0 Å². The SMILES string of the molecule is Cc1cc(NC(=O)CSCC(=O)OC2CCOC2)no1. The van der Waals surface area contributed by atoms with Crippen LogP contribution in [0, 0.1) is 6.92 Å². The van der Waals surface area contributed by atoms with Gasteiger partial charge in [-0.2, -0.15) is 0 Å². The number of carbonyl (C=O) groups excluding carboxylic acids is 2. The zero-order valence-corrected chi connectivity index (χ0v) is 11.9. The molecule has 8 heteroatoms. The second-order valence-electron chi connectivity index (χ2n) is 4.34. The van der Waals surface area contributed by atoms with Crippen molar-refractivity contribution in [1.29, 1.82) is 0 Å². The van der Waals surface area contributed by atoms with Crippen LogP contribution in [0.25, 0.3) is 0 Å². The zero-order valence-electron chi connectivity index (χ0n) is 11.1. The van der Waals surface area contributed by atoms with Crippen molar-refractivity contribution in [3.8, 4) is 0 Å². The number of thioether (sulfide) groups is 1. The highest BCUT2D eigenvalue weighted by molar-refractivity contribution is 8.00. The van der Waals surface area contributed by atoms with Crippen LogP contribution in [0.3, 0.4) is 0 Å². The highest BCUT2D eigenvalue weighted by atomic mass is 32.2. The standard InChI is InChI=1S/C12H16N2O5S/c1-8-4-10(14-19-8)13-11(15)6-20-7-12(16)18-9-2-3-17-5-9/h4,9H,2-3,5-7H2,1H3,(H,13,14,15). The lowest BCUT2D eigenvalue weighted by atomic mass is 10.3. The van der Waals surface area contributed by atoms with Crippen molar-refractivity contribution in [2.45, 2.75) is 19.4 Å². The van der Waals surface area contributed by atoms with Gasteiger partial charge in [0.05, 0.1) is 24.7 Å². The van der Waals surface area contributed by atoms with E-state index in [1.165, 1.54) is 11.8 Å². The first-order valence-electron chi connectivity index (χ1n) is 6.21. The number of nitrogens with one attached hydrogen (secondary N) is 1. The summed E-state index contributed by atoms with van der Waals surface area (Å²) in [6, 6.07) is 1.62. The van der Waals surface area contributed by atoms with E-state index in [2.05, 4.69) is 10.5 Å². The Labute approximate surface area is 120 Å². The van der Waals surface area contributed by atoms with Gasteiger partial charge in [0.25, 0.3) is 0 Å². The molecule has 1 fully saturated rings. The molecule has 1 aromatic heterocycles. The minimum atomic E-state index is -0.324. The third-order valence-electron chi connectivity index (χ3n) is 2.53. The number of hydrogen-bond acceptors (Lipinski definition) is 7. The Morgan fingerprint density at radius 3 is 3.05 bits per heavy atom. The molecule has 2 heterocycles. The predicted octanol–water partition coefficient (Wildman–Crippen LogP) is 0.987. The zero-order chi connectivity index (χ0) is 14.4. The van der Waals surface area contributed by atoms with Crippen LogP contribution in [0.15, 0.2) is 10.6 Å². The second kappa shape index (κ2) is 7.30. The van der Waals surface area contributed by atoms with Gasteiger partial charge in [0.2, 0.25) is 5.91 Å². The third-order valence-corrected chi connectivity index (χ3v) is 3.44. The first-order valence-corrected chi connectivity index (χ1v) is 7.37. The fourth-order valence-electron chi connectivity index (χ4n) is 1.66. The number of ether oxygens (including phenoxy) is 2. The van der Waals surface area contributed by atoms with E-state index in [4.69, 9.17) is 14.0 Å². The quantitative estimate of drug-likeness (QED) is 0.783. The summed E-state index contributed by atoms with van der Waals surface area (Å²) in [5.74, 6) is 0.731. The molecule has 1 N–H and O–H groups in total. The Bertz CT molecular complexity index is 470. The number of rotatable bonds is 6. The molecule has 110 valence electrons. The van der Waals surface area contributed by atoms with Gasteiger partial charge in [-0.1, -0.05) is 5.16 Å². The number of hydrogen-bond donors (Lipinski definition) is 1. The second-order valence-corrected chi connectivity index (χ2v) is 5.32. The highest BCUT2D eigenvalue weighted by Gasteiger charge is 2.19. The summed E-state index contributed by atoms with van der Waals surface area (Å²) < 4.78 is 15.1. The van der Waals surface area contributed by atoms with Gasteiger partial charge in [0.1, 0.15) is 11.9 Å². The number of aromatic nitrogens is 1. The molecule has 1 amide bonds. The minimum absolute atomic E-state index is 0.141. The molecule has 20 heavy (non-hydrogen) atoms. The predicted molar refractivity (Wildman–Crippen MR) is 72.5 cm³/mol. The van der Waals surface area contributed by atoms with Gasteiger partial charge < -0.3 is 19.3 Å². The lowest BCUT2D eigenvalue weighted by molar-refractivity contribution is -0.145. The summed E-state index contributed by atoms with van der Waals surface area (Å²) in [6.07, 6.45) is 0.595. The van der Waals surface area contributed by atoms with Crippen LogP contribution in [0.4, 0.5) is 5.82 Å². The number of aryl methyl sites for hydroxylation is 1. The molecule has 1 saturated heterocycles. The number of nitrogens with zero attached hydrogens (tertiary/aromatic N) is 1. The van der Waals surface area contributed by atoms with Crippen LogP contribution >= 0.6 is 11.8 Å². The smallest absolute Gasteiger partial charge is 0.316 e. The van der Waals surface area contributed by atoms with Crippen molar-refractivity contribution in [1.82, 2.24) is 5.16 Å². The Balaban J connectivity index is 1.60. The summed E-state index contributed by atoms with van der Waals surface area (Å²) in [6.45, 7) is 2.83. The molecule has 1 atom stereocenters. The molecular formula is C12H16N2O5S. The molecule has 1 aromatic rings. The van der Waals surface area contributed by atoms with Crippen LogP contribution < -0.4 is 5.32 Å². The summed E-state index contributed by atoms with van der Waals surface area (Å²) >= 11 is 1.19. The van der Waals surface area contributed by atoms with Crippen LogP contribution in [-0.2, 0) is 19.1 Å². The fourth-order valence-corrected chi connectivity index (χ4v) is 2.25. The third kappa shape index (κ3) is 4.86. The largest absolute Gasteiger partial charge is 0.459 e. The van der Waals surface area contributed by atoms with Crippen molar-refractivity contribution in [2.75, 3.05) is 30.0 Å². The molecule has 7 nitrogen and oxygen atoms in total. The molecule has 0 radical (unpaired) electrons. The van der Waals surface area contributed by atoms with Gasteiger partial charge >= 0.3 is 5.97 Å². The molecule has 0 aromatic carbocycles. The van der Waals surface area contributed by atoms with Crippen LogP contribution in [0.2, 0.25) is 0 Å². The van der Waals surface area contributed by atoms with Gasteiger partial charge in [-0.25, -0.2) is 0 Å². The maximum absolute atomic E-state index is 11.6. The molecular weight excluding hydrogens is 284 g/mol. The highest BCUT2D eigenvalue weighted by Crippen LogP contribution is 2.11. The summed E-state index contributed by atoms with van der Waals surface area (Å²) in [7, 11) is 0. The Morgan fingerprint density at radius 2 is 2.40 bits per heavy atom. The number of anilines is 1. The maximum Gasteiger partial charge on any atom is 0.316 e. The van der Waals surface area contributed by atoms with Gasteiger partial charge in [0, 0.05) is 12.5 Å². The van der Waals surface area contributed by atoms with Crippen LogP contribution in [0.1, 0.15) is 12.2 Å². The van der Waals surface area contributed by atoms with E-state index in [0.717, 1.165) is 6.42 Å². The summed E-state index contributed by atoms with van der Waals surface area (Å²) in [5.41, 5.74) is 0. The summed E-state index contributed by atoms with van der Waals surface area (Å²) in [5, 5.41) is 6.22. The molecule has 1 aliphatic rings. The lowest BCUT2D eigenvalue weighted by Crippen LogP contribution is -2.21. The van der Waals surface area contributed by atoms with E-state index in [0.29, 0.717) is 24.8 Å². The summed E-state index contributed by atoms with van der Waals surface area (Å²) in [4.78, 5) is 23.0. The van der Waals surface area contributed by atoms with Crippen molar-refractivity contribution in [3.63, 3.8) is 0 Å². The van der Waals surface area contributed by atoms with E-state index < -0.39 is 0 Å². The average Bonchev–Trinajstić information content (AvgIpc) is 3.01. The van der Waals surface area contributed by atoms with E-state index in [9.17, 15) is 9.59 Å². The minimum Gasteiger partial charge on any atom is -0.459 e. The first kappa shape index (κ1) is 14.9. The Kier molecular flexibility index (Phi) is 5.42. The van der Waals surface area contributed by atoms with Crippen molar-refractivity contribution in [3.05, 3.63) is 11.8 Å². The van der Waals surface area contributed by atoms with Crippen molar-refractivity contribution >= 4 is 29.5 Å². The van der Waals surface area contributed by atoms with Crippen LogP contribution in [-0.4, -0.2) is 47.9 Å². The van der Waals surface area contributed by atoms with Crippen LogP contribution in [0.5, 0.6) is 0 Å². The Morgan fingerprint density at radius 1 is 1.55 bits per heavy atom. The number of amides is 1. The van der Waals surface area contributed by atoms with Gasteiger partial charge in [-0.3, -0.25) is 9.59 Å². The topological polar surface area (TPSA) is 90.7 Å². The monoisotopic (exact) mass is 300 g/mol. The van der Waals surface area contributed by atoms with Crippen molar-refractivity contribution < 1.29 is 23.6 Å². The molecule has 2 rings (SSSR count). The van der Waals surface area contributed by atoms with Gasteiger partial charge in [-0.15, -0.1) is 11.8 Å². The Hall–Kier alpha value is -1.54. The van der Waals surface area contributed by atoms with E-state index in [1.54, 1.807) is 13.0 Å². The maximum atomic E-state index is 11.6. The van der Waals surface area contributed by atoms with Gasteiger partial charge in [0.15, 0.2) is 5.82 Å². The van der Waals surface area contributed by atoms with E-state index in [-0.39, 0.29) is 29.5 Å². The fraction of sp³-hybridized carbons (Fsp3) is 0.583. The molecule has 0 bridgehead atoms.